The van der Waals surface area contributed by atoms with Crippen molar-refractivity contribution in [1.82, 2.24) is 25.3 Å². The second kappa shape index (κ2) is 4.75. The van der Waals surface area contributed by atoms with E-state index in [-0.39, 0.29) is 0 Å². The lowest BCUT2D eigenvalue weighted by molar-refractivity contribution is 0.581. The van der Waals surface area contributed by atoms with Gasteiger partial charge in [0.05, 0.1) is 11.9 Å². The van der Waals surface area contributed by atoms with Crippen LogP contribution in [0.25, 0.3) is 0 Å². The molecule has 0 atom stereocenters. The first kappa shape index (κ1) is 9.92. The van der Waals surface area contributed by atoms with Crippen molar-refractivity contribution in [2.75, 3.05) is 0 Å². The molecule has 2 rings (SSSR count). The molecule has 0 saturated heterocycles. The maximum absolute atomic E-state index is 4.21. The summed E-state index contributed by atoms with van der Waals surface area (Å²) in [5.74, 6) is 0. The second-order valence-corrected chi connectivity index (χ2v) is 3.35. The van der Waals surface area contributed by atoms with Crippen LogP contribution in [0.1, 0.15) is 18.2 Å². The second-order valence-electron chi connectivity index (χ2n) is 3.35. The SMILES string of the molecule is CCn1nccc1CNCc1cn[nH]c1. The van der Waals surface area contributed by atoms with Crippen LogP contribution in [-0.2, 0) is 19.6 Å². The van der Waals surface area contributed by atoms with E-state index < -0.39 is 0 Å². The molecule has 2 N–H and O–H groups in total. The minimum Gasteiger partial charge on any atom is -0.307 e. The molecule has 2 aromatic heterocycles. The van der Waals surface area contributed by atoms with Gasteiger partial charge in [0.2, 0.25) is 0 Å². The molecule has 0 radical (unpaired) electrons. The largest absolute Gasteiger partial charge is 0.307 e. The summed E-state index contributed by atoms with van der Waals surface area (Å²) >= 11 is 0. The summed E-state index contributed by atoms with van der Waals surface area (Å²) in [7, 11) is 0. The maximum atomic E-state index is 4.21. The van der Waals surface area contributed by atoms with Crippen LogP contribution in [0, 0.1) is 0 Å². The molecule has 5 nitrogen and oxygen atoms in total. The van der Waals surface area contributed by atoms with Gasteiger partial charge in [-0.2, -0.15) is 10.2 Å². The van der Waals surface area contributed by atoms with Gasteiger partial charge in [0.15, 0.2) is 0 Å². The Balaban J connectivity index is 1.83. The monoisotopic (exact) mass is 205 g/mol. The van der Waals surface area contributed by atoms with Crippen molar-refractivity contribution in [3.05, 3.63) is 35.9 Å². The van der Waals surface area contributed by atoms with Crippen molar-refractivity contribution < 1.29 is 0 Å². The highest BCUT2D eigenvalue weighted by molar-refractivity contribution is 5.03. The van der Waals surface area contributed by atoms with E-state index in [2.05, 4.69) is 27.5 Å². The minimum absolute atomic E-state index is 0.825. The van der Waals surface area contributed by atoms with Crippen LogP contribution >= 0.6 is 0 Å². The van der Waals surface area contributed by atoms with Gasteiger partial charge in [-0.3, -0.25) is 9.78 Å². The highest BCUT2D eigenvalue weighted by Gasteiger charge is 1.99. The summed E-state index contributed by atoms with van der Waals surface area (Å²) in [6.07, 6.45) is 5.55. The third-order valence-electron chi connectivity index (χ3n) is 2.29. The zero-order valence-electron chi connectivity index (χ0n) is 8.77. The lowest BCUT2D eigenvalue weighted by Crippen LogP contribution is -2.15. The zero-order chi connectivity index (χ0) is 10.5. The molecule has 15 heavy (non-hydrogen) atoms. The average molecular weight is 205 g/mol. The van der Waals surface area contributed by atoms with Gasteiger partial charge in [-0.15, -0.1) is 0 Å². The molecule has 0 aliphatic heterocycles. The van der Waals surface area contributed by atoms with Gasteiger partial charge >= 0.3 is 0 Å². The third-order valence-corrected chi connectivity index (χ3v) is 2.29. The molecular weight excluding hydrogens is 190 g/mol. The molecule has 0 bridgehead atoms. The van der Waals surface area contributed by atoms with Crippen LogP contribution in [0.5, 0.6) is 0 Å². The number of aromatic nitrogens is 4. The number of hydrogen-bond donors (Lipinski definition) is 2. The lowest BCUT2D eigenvalue weighted by Gasteiger charge is -2.05. The molecule has 5 heteroatoms. The Bertz CT molecular complexity index is 390. The molecule has 2 heterocycles. The number of nitrogens with zero attached hydrogens (tertiary/aromatic N) is 3. The van der Waals surface area contributed by atoms with Crippen LogP contribution in [-0.4, -0.2) is 20.0 Å². The van der Waals surface area contributed by atoms with Crippen LogP contribution < -0.4 is 5.32 Å². The number of H-pyrrole nitrogens is 1. The first-order valence-corrected chi connectivity index (χ1v) is 5.09. The van der Waals surface area contributed by atoms with E-state index in [1.165, 1.54) is 5.69 Å². The predicted octanol–water partition coefficient (Wildman–Crippen LogP) is 0.916. The molecule has 0 amide bonds. The average Bonchev–Trinajstić information content (AvgIpc) is 2.88. The Morgan fingerprint density at radius 1 is 1.47 bits per heavy atom. The van der Waals surface area contributed by atoms with Crippen molar-refractivity contribution in [2.24, 2.45) is 0 Å². The van der Waals surface area contributed by atoms with Crippen molar-refractivity contribution >= 4 is 0 Å². The zero-order valence-corrected chi connectivity index (χ0v) is 8.77. The molecular formula is C10H15N5. The van der Waals surface area contributed by atoms with Crippen molar-refractivity contribution in [3.8, 4) is 0 Å². The Kier molecular flexibility index (Phi) is 3.14. The first-order chi connectivity index (χ1) is 7.40. The fraction of sp³-hybridized carbons (Fsp3) is 0.400. The van der Waals surface area contributed by atoms with E-state index in [1.54, 1.807) is 0 Å². The molecule has 80 valence electrons. The number of hydrogen-bond acceptors (Lipinski definition) is 3. The van der Waals surface area contributed by atoms with Crippen LogP contribution in [0.15, 0.2) is 24.7 Å². The standard InChI is InChI=1S/C10H15N5/c1-2-15-10(3-4-14-15)8-11-5-9-6-12-13-7-9/h3-4,6-7,11H,2,5,8H2,1H3,(H,12,13). The summed E-state index contributed by atoms with van der Waals surface area (Å²) in [6, 6.07) is 2.03. The summed E-state index contributed by atoms with van der Waals surface area (Å²) < 4.78 is 1.99. The van der Waals surface area contributed by atoms with E-state index in [0.29, 0.717) is 0 Å². The Morgan fingerprint density at radius 2 is 2.40 bits per heavy atom. The molecule has 0 aromatic carbocycles. The molecule has 0 saturated carbocycles. The highest BCUT2D eigenvalue weighted by atomic mass is 15.3. The van der Waals surface area contributed by atoms with E-state index in [9.17, 15) is 0 Å². The van der Waals surface area contributed by atoms with E-state index >= 15 is 0 Å². The van der Waals surface area contributed by atoms with Gasteiger partial charge in [-0.1, -0.05) is 0 Å². The van der Waals surface area contributed by atoms with Crippen molar-refractivity contribution in [3.63, 3.8) is 0 Å². The number of aromatic amines is 1. The van der Waals surface area contributed by atoms with Crippen molar-refractivity contribution in [2.45, 2.75) is 26.6 Å². The number of aryl methyl sites for hydroxylation is 1. The van der Waals surface area contributed by atoms with E-state index in [1.807, 2.05) is 29.3 Å². The molecule has 2 aromatic rings. The van der Waals surface area contributed by atoms with Gasteiger partial charge in [-0.25, -0.2) is 0 Å². The van der Waals surface area contributed by atoms with Crippen LogP contribution in [0.4, 0.5) is 0 Å². The van der Waals surface area contributed by atoms with Gasteiger partial charge in [0.25, 0.3) is 0 Å². The van der Waals surface area contributed by atoms with E-state index in [4.69, 9.17) is 0 Å². The topological polar surface area (TPSA) is 58.5 Å². The molecule has 0 fully saturated rings. The Hall–Kier alpha value is -1.62. The molecule has 0 aliphatic carbocycles. The van der Waals surface area contributed by atoms with Crippen molar-refractivity contribution in [1.29, 1.82) is 0 Å². The minimum atomic E-state index is 0.825. The van der Waals surface area contributed by atoms with Gasteiger partial charge in [0, 0.05) is 37.6 Å². The molecule has 0 spiro atoms. The van der Waals surface area contributed by atoms with Gasteiger partial charge < -0.3 is 5.32 Å². The van der Waals surface area contributed by atoms with Crippen LogP contribution in [0.2, 0.25) is 0 Å². The van der Waals surface area contributed by atoms with Gasteiger partial charge in [0.1, 0.15) is 0 Å². The van der Waals surface area contributed by atoms with Gasteiger partial charge in [-0.05, 0) is 13.0 Å². The quantitative estimate of drug-likeness (QED) is 0.763. The van der Waals surface area contributed by atoms with E-state index in [0.717, 1.165) is 25.2 Å². The summed E-state index contributed by atoms with van der Waals surface area (Å²) in [4.78, 5) is 0. The Labute approximate surface area is 88.5 Å². The molecule has 0 unspecified atom stereocenters. The maximum Gasteiger partial charge on any atom is 0.0532 e. The fourth-order valence-corrected chi connectivity index (χ4v) is 1.50. The lowest BCUT2D eigenvalue weighted by atomic mass is 10.3. The summed E-state index contributed by atoms with van der Waals surface area (Å²) in [5.41, 5.74) is 2.37. The fourth-order valence-electron chi connectivity index (χ4n) is 1.50. The highest BCUT2D eigenvalue weighted by Crippen LogP contribution is 1.99. The third kappa shape index (κ3) is 2.44. The predicted molar refractivity (Wildman–Crippen MR) is 57.0 cm³/mol. The summed E-state index contributed by atoms with van der Waals surface area (Å²) in [6.45, 7) is 4.66. The number of rotatable bonds is 5. The first-order valence-electron chi connectivity index (χ1n) is 5.09. The summed E-state index contributed by atoms with van der Waals surface area (Å²) in [5, 5.41) is 14.2. The Morgan fingerprint density at radius 3 is 3.13 bits per heavy atom. The van der Waals surface area contributed by atoms with Crippen LogP contribution in [0.3, 0.4) is 0 Å². The molecule has 0 aliphatic rings. The number of nitrogens with one attached hydrogen (secondary N) is 2. The smallest absolute Gasteiger partial charge is 0.0532 e. The normalized spacial score (nSPS) is 10.7.